The van der Waals surface area contributed by atoms with Crippen LogP contribution < -0.4 is 4.90 Å². The summed E-state index contributed by atoms with van der Waals surface area (Å²) in [7, 11) is 1.59. The number of benzene rings is 1. The van der Waals surface area contributed by atoms with Gasteiger partial charge in [0.1, 0.15) is 0 Å². The molecule has 21 heavy (non-hydrogen) atoms. The van der Waals surface area contributed by atoms with Gasteiger partial charge >= 0.3 is 0 Å². The van der Waals surface area contributed by atoms with Gasteiger partial charge in [0.15, 0.2) is 6.10 Å². The predicted molar refractivity (Wildman–Crippen MR) is 80.4 cm³/mol. The van der Waals surface area contributed by atoms with Gasteiger partial charge in [-0.25, -0.2) is 0 Å². The molecule has 0 radical (unpaired) electrons. The van der Waals surface area contributed by atoms with Gasteiger partial charge in [0.2, 0.25) is 0 Å². The number of methoxy groups -OCH3 is 1. The second-order valence-electron chi connectivity index (χ2n) is 5.47. The molecule has 1 amide bonds. The Balaban J connectivity index is 1.61. The number of ether oxygens (including phenoxy) is 2. The molecule has 3 rings (SSSR count). The maximum atomic E-state index is 12.4. The molecule has 1 fully saturated rings. The van der Waals surface area contributed by atoms with Crippen LogP contribution in [0.2, 0.25) is 0 Å². The van der Waals surface area contributed by atoms with Crippen molar-refractivity contribution >= 4 is 11.6 Å². The molecule has 1 aromatic rings. The minimum Gasteiger partial charge on any atom is -0.379 e. The Bertz CT molecular complexity index is 500. The molecule has 0 saturated carbocycles. The molecule has 2 heterocycles. The lowest BCUT2D eigenvalue weighted by molar-refractivity contribution is -0.127. The molecule has 0 spiro atoms. The van der Waals surface area contributed by atoms with Crippen LogP contribution >= 0.6 is 0 Å². The fraction of sp³-hybridized carbons (Fsp3) is 0.562. The Hall–Kier alpha value is -1.43. The molecule has 0 aromatic heterocycles. The summed E-state index contributed by atoms with van der Waals surface area (Å²) < 4.78 is 10.7. The zero-order valence-corrected chi connectivity index (χ0v) is 12.5. The molecule has 1 aromatic carbocycles. The molecular weight excluding hydrogens is 268 g/mol. The van der Waals surface area contributed by atoms with Gasteiger partial charge in [-0.1, -0.05) is 18.2 Å². The molecule has 5 heteroatoms. The number of anilines is 1. The number of hydrogen-bond donors (Lipinski definition) is 0. The molecule has 0 aliphatic carbocycles. The highest BCUT2D eigenvalue weighted by molar-refractivity contribution is 6.03. The first-order valence-corrected chi connectivity index (χ1v) is 7.54. The van der Waals surface area contributed by atoms with E-state index in [1.165, 1.54) is 0 Å². The second-order valence-corrected chi connectivity index (χ2v) is 5.47. The number of hydrogen-bond acceptors (Lipinski definition) is 4. The summed E-state index contributed by atoms with van der Waals surface area (Å²) in [6.07, 6.45) is 0.529. The predicted octanol–water partition coefficient (Wildman–Crippen LogP) is 1.44. The van der Waals surface area contributed by atoms with E-state index < -0.39 is 6.10 Å². The van der Waals surface area contributed by atoms with Crippen LogP contribution in [0.1, 0.15) is 18.1 Å². The van der Waals surface area contributed by atoms with Crippen LogP contribution in [-0.2, 0) is 14.3 Å². The minimum absolute atomic E-state index is 0.0562. The van der Waals surface area contributed by atoms with E-state index >= 15 is 0 Å². The number of rotatable bonds is 5. The maximum absolute atomic E-state index is 12.4. The summed E-state index contributed by atoms with van der Waals surface area (Å²) in [6.45, 7) is 5.37. The molecule has 2 aliphatic rings. The van der Waals surface area contributed by atoms with Crippen LogP contribution in [0.4, 0.5) is 5.69 Å². The third-order valence-corrected chi connectivity index (χ3v) is 4.20. The zero-order valence-electron chi connectivity index (χ0n) is 12.5. The van der Waals surface area contributed by atoms with E-state index in [0.717, 1.165) is 57.1 Å². The molecule has 0 N–H and O–H groups in total. The zero-order chi connectivity index (χ0) is 14.7. The lowest BCUT2D eigenvalue weighted by Crippen LogP contribution is -2.38. The monoisotopic (exact) mass is 290 g/mol. The Morgan fingerprint density at radius 2 is 2.00 bits per heavy atom. The maximum Gasteiger partial charge on any atom is 0.260 e. The fourth-order valence-corrected chi connectivity index (χ4v) is 3.08. The molecule has 1 unspecified atom stereocenters. The van der Waals surface area contributed by atoms with Gasteiger partial charge in [-0.15, -0.1) is 0 Å². The first-order valence-electron chi connectivity index (χ1n) is 7.54. The summed E-state index contributed by atoms with van der Waals surface area (Å²) in [5, 5.41) is 0. The molecule has 1 atom stereocenters. The van der Waals surface area contributed by atoms with Crippen molar-refractivity contribution in [3.63, 3.8) is 0 Å². The third-order valence-electron chi connectivity index (χ3n) is 4.20. The second kappa shape index (κ2) is 6.56. The standard InChI is InChI=1S/C16H22N2O3/c1-20-15-13-5-2-3-6-14(13)18(16(15)19)8-4-7-17-9-11-21-12-10-17/h2-3,5-6,15H,4,7-12H2,1H3. The van der Waals surface area contributed by atoms with Crippen LogP contribution in [-0.4, -0.2) is 57.3 Å². The van der Waals surface area contributed by atoms with Crippen molar-refractivity contribution in [1.29, 1.82) is 0 Å². The van der Waals surface area contributed by atoms with E-state index in [2.05, 4.69) is 4.90 Å². The van der Waals surface area contributed by atoms with Gasteiger partial charge in [-0.2, -0.15) is 0 Å². The molecule has 0 bridgehead atoms. The highest BCUT2D eigenvalue weighted by Crippen LogP contribution is 2.37. The number of nitrogens with zero attached hydrogens (tertiary/aromatic N) is 2. The highest BCUT2D eigenvalue weighted by atomic mass is 16.5. The smallest absolute Gasteiger partial charge is 0.260 e. The van der Waals surface area contributed by atoms with Crippen molar-refractivity contribution in [3.8, 4) is 0 Å². The van der Waals surface area contributed by atoms with Crippen molar-refractivity contribution in [2.45, 2.75) is 12.5 Å². The van der Waals surface area contributed by atoms with Crippen LogP contribution in [0.15, 0.2) is 24.3 Å². The van der Waals surface area contributed by atoms with Crippen molar-refractivity contribution in [3.05, 3.63) is 29.8 Å². The lowest BCUT2D eigenvalue weighted by atomic mass is 10.1. The molecule has 1 saturated heterocycles. The first-order chi connectivity index (χ1) is 10.3. The van der Waals surface area contributed by atoms with Gasteiger partial charge in [-0.3, -0.25) is 9.69 Å². The Morgan fingerprint density at radius 1 is 1.24 bits per heavy atom. The van der Waals surface area contributed by atoms with Crippen molar-refractivity contribution < 1.29 is 14.3 Å². The average molecular weight is 290 g/mol. The van der Waals surface area contributed by atoms with Crippen LogP contribution in [0.25, 0.3) is 0 Å². The van der Waals surface area contributed by atoms with Crippen LogP contribution in [0.5, 0.6) is 0 Å². The van der Waals surface area contributed by atoms with Gasteiger partial charge in [0.25, 0.3) is 5.91 Å². The van der Waals surface area contributed by atoms with E-state index in [4.69, 9.17) is 9.47 Å². The highest BCUT2D eigenvalue weighted by Gasteiger charge is 2.36. The number of para-hydroxylation sites is 1. The summed E-state index contributed by atoms with van der Waals surface area (Å²) in [6, 6.07) is 7.90. The number of amides is 1. The normalized spacial score (nSPS) is 22.6. The number of fused-ring (bicyclic) bond motifs is 1. The largest absolute Gasteiger partial charge is 0.379 e. The summed E-state index contributed by atoms with van der Waals surface area (Å²) in [4.78, 5) is 16.7. The van der Waals surface area contributed by atoms with Crippen LogP contribution in [0.3, 0.4) is 0 Å². The quantitative estimate of drug-likeness (QED) is 0.823. The van der Waals surface area contributed by atoms with E-state index in [1.54, 1.807) is 7.11 Å². The summed E-state index contributed by atoms with van der Waals surface area (Å²) in [5.41, 5.74) is 1.98. The average Bonchev–Trinajstić information content (AvgIpc) is 2.80. The van der Waals surface area contributed by atoms with Crippen molar-refractivity contribution in [1.82, 2.24) is 4.90 Å². The SMILES string of the molecule is COC1C(=O)N(CCCN2CCOCC2)c2ccccc21. The van der Waals surface area contributed by atoms with E-state index in [-0.39, 0.29) is 5.91 Å². The third kappa shape index (κ3) is 2.95. The van der Waals surface area contributed by atoms with Gasteiger partial charge < -0.3 is 14.4 Å². The Morgan fingerprint density at radius 3 is 2.76 bits per heavy atom. The Labute approximate surface area is 125 Å². The number of carbonyl (C=O) groups excluding carboxylic acids is 1. The lowest BCUT2D eigenvalue weighted by Gasteiger charge is -2.27. The molecule has 114 valence electrons. The Kier molecular flexibility index (Phi) is 4.53. The van der Waals surface area contributed by atoms with Crippen molar-refractivity contribution in [2.75, 3.05) is 51.4 Å². The van der Waals surface area contributed by atoms with Crippen molar-refractivity contribution in [2.24, 2.45) is 0 Å². The van der Waals surface area contributed by atoms with E-state index in [0.29, 0.717) is 0 Å². The molecule has 2 aliphatic heterocycles. The van der Waals surface area contributed by atoms with Gasteiger partial charge in [0.05, 0.1) is 18.9 Å². The minimum atomic E-state index is -0.440. The summed E-state index contributed by atoms with van der Waals surface area (Å²) in [5.74, 6) is 0.0562. The summed E-state index contributed by atoms with van der Waals surface area (Å²) >= 11 is 0. The van der Waals surface area contributed by atoms with Crippen LogP contribution in [0, 0.1) is 0 Å². The topological polar surface area (TPSA) is 42.0 Å². The molecule has 5 nitrogen and oxygen atoms in total. The fourth-order valence-electron chi connectivity index (χ4n) is 3.08. The van der Waals surface area contributed by atoms with Gasteiger partial charge in [-0.05, 0) is 12.5 Å². The van der Waals surface area contributed by atoms with E-state index in [1.807, 2.05) is 29.2 Å². The first kappa shape index (κ1) is 14.5. The molecular formula is C16H22N2O3. The number of morpholine rings is 1. The number of carbonyl (C=O) groups is 1. The van der Waals surface area contributed by atoms with E-state index in [9.17, 15) is 4.79 Å². The van der Waals surface area contributed by atoms with Gasteiger partial charge in [0, 0.05) is 38.9 Å².